The number of hydrogen-bond acceptors (Lipinski definition) is 4. The van der Waals surface area contributed by atoms with E-state index >= 15 is 0 Å². The van der Waals surface area contributed by atoms with E-state index in [1.54, 1.807) is 12.4 Å². The molecule has 2 aromatic rings. The van der Waals surface area contributed by atoms with Gasteiger partial charge in [0.15, 0.2) is 5.16 Å². The van der Waals surface area contributed by atoms with Crippen LogP contribution in [0.25, 0.3) is 5.69 Å². The van der Waals surface area contributed by atoms with E-state index < -0.39 is 0 Å². The molecule has 0 radical (unpaired) electrons. The molecule has 0 fully saturated rings. The monoisotopic (exact) mass is 302 g/mol. The number of carbonyl (C=O) groups excluding carboxylic acids is 1. The average molecular weight is 302 g/mol. The van der Waals surface area contributed by atoms with Crippen molar-refractivity contribution in [1.82, 2.24) is 20.1 Å². The Kier molecular flexibility index (Phi) is 5.57. The number of aromatic nitrogens is 3. The van der Waals surface area contributed by atoms with Crippen molar-refractivity contribution in [2.75, 3.05) is 12.3 Å². The zero-order valence-electron chi connectivity index (χ0n) is 12.0. The smallest absolute Gasteiger partial charge is 0.230 e. The third kappa shape index (κ3) is 3.95. The summed E-state index contributed by atoms with van der Waals surface area (Å²) in [4.78, 5) is 11.6. The van der Waals surface area contributed by atoms with Gasteiger partial charge in [-0.15, -0.1) is 16.8 Å². The standard InChI is InChI=1S/C15H18N4OS/c1-3-9-16-14(20)10-21-15-18-17-11-19(15)13-8-6-5-7-12(13)4-2/h3,5-8,11H,1,4,9-10H2,2H3,(H,16,20). The minimum atomic E-state index is -0.0433. The van der Waals surface area contributed by atoms with Gasteiger partial charge in [-0.25, -0.2) is 0 Å². The van der Waals surface area contributed by atoms with Gasteiger partial charge in [-0.05, 0) is 18.1 Å². The molecule has 0 saturated carbocycles. The Labute approximate surface area is 128 Å². The molecule has 0 unspecified atom stereocenters. The van der Waals surface area contributed by atoms with Gasteiger partial charge in [0.2, 0.25) is 5.91 Å². The number of carbonyl (C=O) groups is 1. The zero-order valence-corrected chi connectivity index (χ0v) is 12.8. The number of nitrogens with zero attached hydrogens (tertiary/aromatic N) is 3. The fourth-order valence-electron chi connectivity index (χ4n) is 1.90. The Morgan fingerprint density at radius 2 is 2.29 bits per heavy atom. The van der Waals surface area contributed by atoms with E-state index in [4.69, 9.17) is 0 Å². The van der Waals surface area contributed by atoms with E-state index in [1.807, 2.05) is 22.8 Å². The molecule has 0 aliphatic rings. The van der Waals surface area contributed by atoms with Gasteiger partial charge in [0, 0.05) is 6.54 Å². The van der Waals surface area contributed by atoms with Crippen LogP contribution < -0.4 is 5.32 Å². The number of benzene rings is 1. The summed E-state index contributed by atoms with van der Waals surface area (Å²) < 4.78 is 1.92. The van der Waals surface area contributed by atoms with Crippen LogP contribution in [-0.4, -0.2) is 33.0 Å². The molecule has 1 heterocycles. The van der Waals surface area contributed by atoms with Crippen LogP contribution in [0.2, 0.25) is 0 Å². The first kappa shape index (κ1) is 15.3. The molecule has 0 saturated heterocycles. The molecule has 110 valence electrons. The first-order valence-electron chi connectivity index (χ1n) is 6.75. The summed E-state index contributed by atoms with van der Waals surface area (Å²) in [6.07, 6.45) is 4.26. The average Bonchev–Trinajstić information content (AvgIpc) is 2.99. The summed E-state index contributed by atoms with van der Waals surface area (Å²) >= 11 is 1.37. The predicted molar refractivity (Wildman–Crippen MR) is 84.7 cm³/mol. The number of hydrogen-bond donors (Lipinski definition) is 1. The van der Waals surface area contributed by atoms with Crippen molar-refractivity contribution in [3.63, 3.8) is 0 Å². The predicted octanol–water partition coefficient (Wildman–Crippen LogP) is 2.22. The Hall–Kier alpha value is -2.08. The van der Waals surface area contributed by atoms with Gasteiger partial charge in [0.1, 0.15) is 6.33 Å². The molecular formula is C15H18N4OS. The Morgan fingerprint density at radius 3 is 3.05 bits per heavy atom. The molecule has 1 amide bonds. The lowest BCUT2D eigenvalue weighted by molar-refractivity contribution is -0.118. The Bertz CT molecular complexity index is 624. The number of amides is 1. The molecule has 0 aliphatic carbocycles. The lowest BCUT2D eigenvalue weighted by atomic mass is 10.1. The maximum atomic E-state index is 11.6. The maximum Gasteiger partial charge on any atom is 0.230 e. The van der Waals surface area contributed by atoms with Crippen LogP contribution in [0.3, 0.4) is 0 Å². The van der Waals surface area contributed by atoms with Crippen molar-refractivity contribution < 1.29 is 4.79 Å². The lowest BCUT2D eigenvalue weighted by Gasteiger charge is -2.10. The molecule has 0 aliphatic heterocycles. The summed E-state index contributed by atoms with van der Waals surface area (Å²) in [6, 6.07) is 8.12. The summed E-state index contributed by atoms with van der Waals surface area (Å²) in [5, 5.41) is 11.5. The second-order valence-corrected chi connectivity index (χ2v) is 5.29. The molecule has 0 spiro atoms. The van der Waals surface area contributed by atoms with Gasteiger partial charge in [-0.3, -0.25) is 9.36 Å². The summed E-state index contributed by atoms with van der Waals surface area (Å²) in [5.41, 5.74) is 2.27. The normalized spacial score (nSPS) is 10.3. The largest absolute Gasteiger partial charge is 0.352 e. The van der Waals surface area contributed by atoms with Gasteiger partial charge < -0.3 is 5.32 Å². The summed E-state index contributed by atoms with van der Waals surface area (Å²) in [6.45, 7) is 6.15. The number of thioether (sulfide) groups is 1. The zero-order chi connectivity index (χ0) is 15.1. The van der Waals surface area contributed by atoms with E-state index in [1.165, 1.54) is 17.3 Å². The van der Waals surface area contributed by atoms with Gasteiger partial charge in [0.05, 0.1) is 11.4 Å². The van der Waals surface area contributed by atoms with Gasteiger partial charge >= 0.3 is 0 Å². The van der Waals surface area contributed by atoms with Crippen molar-refractivity contribution >= 4 is 17.7 Å². The quantitative estimate of drug-likeness (QED) is 0.629. The summed E-state index contributed by atoms with van der Waals surface area (Å²) in [7, 11) is 0. The third-order valence-corrected chi connectivity index (χ3v) is 3.87. The van der Waals surface area contributed by atoms with Crippen molar-refractivity contribution in [1.29, 1.82) is 0 Å². The molecule has 0 atom stereocenters. The van der Waals surface area contributed by atoms with Gasteiger partial charge in [-0.1, -0.05) is 43.0 Å². The van der Waals surface area contributed by atoms with E-state index in [9.17, 15) is 4.79 Å². The molecular weight excluding hydrogens is 284 g/mol. The van der Waals surface area contributed by atoms with E-state index in [-0.39, 0.29) is 5.91 Å². The van der Waals surface area contributed by atoms with Crippen molar-refractivity contribution in [3.05, 3.63) is 48.8 Å². The molecule has 21 heavy (non-hydrogen) atoms. The molecule has 5 nitrogen and oxygen atoms in total. The van der Waals surface area contributed by atoms with Crippen molar-refractivity contribution in [2.24, 2.45) is 0 Å². The maximum absolute atomic E-state index is 11.6. The molecule has 0 bridgehead atoms. The minimum Gasteiger partial charge on any atom is -0.352 e. The summed E-state index contributed by atoms with van der Waals surface area (Å²) in [5.74, 6) is 0.263. The van der Waals surface area contributed by atoms with E-state index in [0.29, 0.717) is 17.5 Å². The topological polar surface area (TPSA) is 59.8 Å². The Balaban J connectivity index is 2.12. The highest BCUT2D eigenvalue weighted by Crippen LogP contribution is 2.22. The van der Waals surface area contributed by atoms with E-state index in [0.717, 1.165) is 12.1 Å². The van der Waals surface area contributed by atoms with Crippen LogP contribution in [-0.2, 0) is 11.2 Å². The first-order chi connectivity index (χ1) is 10.3. The van der Waals surface area contributed by atoms with Crippen LogP contribution in [0.1, 0.15) is 12.5 Å². The number of nitrogens with one attached hydrogen (secondary N) is 1. The number of aryl methyl sites for hydroxylation is 1. The molecule has 6 heteroatoms. The highest BCUT2D eigenvalue weighted by molar-refractivity contribution is 7.99. The van der Waals surface area contributed by atoms with Crippen molar-refractivity contribution in [3.8, 4) is 5.69 Å². The van der Waals surface area contributed by atoms with Crippen LogP contribution in [0.15, 0.2) is 48.4 Å². The van der Waals surface area contributed by atoms with Crippen molar-refractivity contribution in [2.45, 2.75) is 18.5 Å². The fraction of sp³-hybridized carbons (Fsp3) is 0.267. The highest BCUT2D eigenvalue weighted by Gasteiger charge is 2.11. The van der Waals surface area contributed by atoms with Crippen LogP contribution >= 0.6 is 11.8 Å². The van der Waals surface area contributed by atoms with Gasteiger partial charge in [0.25, 0.3) is 0 Å². The second-order valence-electron chi connectivity index (χ2n) is 4.35. The highest BCUT2D eigenvalue weighted by atomic mass is 32.2. The number of rotatable bonds is 7. The third-order valence-electron chi connectivity index (χ3n) is 2.92. The van der Waals surface area contributed by atoms with Gasteiger partial charge in [-0.2, -0.15) is 0 Å². The Morgan fingerprint density at radius 1 is 1.48 bits per heavy atom. The molecule has 1 aromatic heterocycles. The minimum absolute atomic E-state index is 0.0433. The first-order valence-corrected chi connectivity index (χ1v) is 7.73. The lowest BCUT2D eigenvalue weighted by Crippen LogP contribution is -2.25. The van der Waals surface area contributed by atoms with Crippen LogP contribution in [0.4, 0.5) is 0 Å². The molecule has 1 N–H and O–H groups in total. The second kappa shape index (κ2) is 7.64. The SMILES string of the molecule is C=CCNC(=O)CSc1nncn1-c1ccccc1CC. The van der Waals surface area contributed by atoms with E-state index in [2.05, 4.69) is 35.1 Å². The molecule has 2 rings (SSSR count). The van der Waals surface area contributed by atoms with Crippen LogP contribution in [0.5, 0.6) is 0 Å². The molecule has 1 aromatic carbocycles. The number of para-hydroxylation sites is 1. The fourth-order valence-corrected chi connectivity index (χ4v) is 2.65. The van der Waals surface area contributed by atoms with Crippen LogP contribution in [0, 0.1) is 0 Å².